The average molecular weight is 206 g/mol. The van der Waals surface area contributed by atoms with Crippen LogP contribution in [0.3, 0.4) is 0 Å². The number of nitrogens with zero attached hydrogens (tertiary/aromatic N) is 1. The van der Waals surface area contributed by atoms with Crippen LogP contribution >= 0.6 is 0 Å². The molecule has 0 amide bonds. The second-order valence-electron chi connectivity index (χ2n) is 4.87. The lowest BCUT2D eigenvalue weighted by molar-refractivity contribution is 0.231. The van der Waals surface area contributed by atoms with E-state index in [1.165, 1.54) is 0 Å². The van der Waals surface area contributed by atoms with Crippen molar-refractivity contribution in [3.63, 3.8) is 0 Å². The second-order valence-corrected chi connectivity index (χ2v) is 4.87. The Morgan fingerprint density at radius 1 is 1.53 bits per heavy atom. The Kier molecular flexibility index (Phi) is 2.43. The highest BCUT2D eigenvalue weighted by atomic mass is 16.5. The summed E-state index contributed by atoms with van der Waals surface area (Å²) in [5.41, 5.74) is 0.479. The van der Waals surface area contributed by atoms with E-state index < -0.39 is 0 Å². The van der Waals surface area contributed by atoms with E-state index in [1.54, 1.807) is 12.4 Å². The lowest BCUT2D eigenvalue weighted by atomic mass is 10.1. The molecular formula is C12H18N2O. The van der Waals surface area contributed by atoms with Crippen molar-refractivity contribution in [3.8, 4) is 5.75 Å². The summed E-state index contributed by atoms with van der Waals surface area (Å²) in [6, 6.07) is 3.82. The van der Waals surface area contributed by atoms with Crippen LogP contribution in [0.2, 0.25) is 0 Å². The van der Waals surface area contributed by atoms with Gasteiger partial charge in [-0.1, -0.05) is 13.8 Å². The van der Waals surface area contributed by atoms with Crippen LogP contribution in [0.1, 0.15) is 20.3 Å². The Balaban J connectivity index is 1.94. The fourth-order valence-corrected chi connectivity index (χ4v) is 2.09. The number of ether oxygens (including phenoxy) is 1. The number of nitrogens with one attached hydrogen (secondary N) is 1. The Labute approximate surface area is 90.9 Å². The molecule has 1 aromatic heterocycles. The van der Waals surface area contributed by atoms with Crippen LogP contribution in [0.4, 0.5) is 0 Å². The van der Waals surface area contributed by atoms with Crippen LogP contribution in [-0.2, 0) is 0 Å². The first-order valence-corrected chi connectivity index (χ1v) is 5.31. The van der Waals surface area contributed by atoms with Gasteiger partial charge in [-0.25, -0.2) is 0 Å². The molecule has 1 aliphatic carbocycles. The molecule has 1 aliphatic rings. The molecule has 1 unspecified atom stereocenters. The van der Waals surface area contributed by atoms with E-state index in [1.807, 2.05) is 19.2 Å². The normalized spacial score (nSPS) is 27.4. The van der Waals surface area contributed by atoms with E-state index in [9.17, 15) is 0 Å². The van der Waals surface area contributed by atoms with Crippen LogP contribution < -0.4 is 10.1 Å². The SMILES string of the molecule is CNC1(COc2cccnc2)CC1(C)C. The minimum atomic E-state index is 0.142. The molecule has 82 valence electrons. The van der Waals surface area contributed by atoms with E-state index in [0.717, 1.165) is 12.2 Å². The largest absolute Gasteiger partial charge is 0.490 e. The van der Waals surface area contributed by atoms with Gasteiger partial charge in [0.15, 0.2) is 0 Å². The Morgan fingerprint density at radius 3 is 2.73 bits per heavy atom. The van der Waals surface area contributed by atoms with Gasteiger partial charge in [0.1, 0.15) is 12.4 Å². The molecule has 1 fully saturated rings. The molecular weight excluding hydrogens is 188 g/mol. The van der Waals surface area contributed by atoms with Crippen molar-refractivity contribution in [2.45, 2.75) is 25.8 Å². The maximum Gasteiger partial charge on any atom is 0.137 e. The van der Waals surface area contributed by atoms with Gasteiger partial charge < -0.3 is 10.1 Å². The van der Waals surface area contributed by atoms with Crippen molar-refractivity contribution in [1.29, 1.82) is 0 Å². The van der Waals surface area contributed by atoms with Crippen molar-refractivity contribution in [2.24, 2.45) is 5.41 Å². The number of likely N-dealkylation sites (N-methyl/N-ethyl adjacent to an activating group) is 1. The van der Waals surface area contributed by atoms with Gasteiger partial charge in [-0.3, -0.25) is 4.98 Å². The number of aromatic nitrogens is 1. The van der Waals surface area contributed by atoms with Gasteiger partial charge in [0, 0.05) is 6.20 Å². The Bertz CT molecular complexity index is 337. The summed E-state index contributed by atoms with van der Waals surface area (Å²) >= 11 is 0. The van der Waals surface area contributed by atoms with Crippen LogP contribution in [0.25, 0.3) is 0 Å². The standard InChI is InChI=1S/C12H18N2O/c1-11(2)8-12(11,13-3)9-15-10-5-4-6-14-7-10/h4-7,13H,8-9H2,1-3H3. The van der Waals surface area contributed by atoms with Crippen molar-refractivity contribution in [1.82, 2.24) is 10.3 Å². The molecule has 0 spiro atoms. The second kappa shape index (κ2) is 3.49. The first-order valence-electron chi connectivity index (χ1n) is 5.31. The zero-order valence-electron chi connectivity index (χ0n) is 9.58. The zero-order valence-corrected chi connectivity index (χ0v) is 9.58. The molecule has 0 saturated heterocycles. The van der Waals surface area contributed by atoms with E-state index in [4.69, 9.17) is 4.74 Å². The highest BCUT2D eigenvalue weighted by molar-refractivity contribution is 5.20. The third-order valence-corrected chi connectivity index (χ3v) is 3.51. The van der Waals surface area contributed by atoms with Crippen molar-refractivity contribution < 1.29 is 4.74 Å². The summed E-state index contributed by atoms with van der Waals surface area (Å²) < 4.78 is 5.73. The van der Waals surface area contributed by atoms with Crippen LogP contribution in [-0.4, -0.2) is 24.2 Å². The Hall–Kier alpha value is -1.09. The highest BCUT2D eigenvalue weighted by Crippen LogP contribution is 2.55. The number of hydrogen-bond donors (Lipinski definition) is 1. The van der Waals surface area contributed by atoms with Gasteiger partial charge in [0.2, 0.25) is 0 Å². The van der Waals surface area contributed by atoms with Crippen molar-refractivity contribution in [2.75, 3.05) is 13.7 Å². The third kappa shape index (κ3) is 1.84. The molecule has 0 radical (unpaired) electrons. The number of rotatable bonds is 4. The van der Waals surface area contributed by atoms with Gasteiger partial charge >= 0.3 is 0 Å². The van der Waals surface area contributed by atoms with E-state index >= 15 is 0 Å². The summed E-state index contributed by atoms with van der Waals surface area (Å²) in [5.74, 6) is 0.842. The van der Waals surface area contributed by atoms with Gasteiger partial charge in [-0.05, 0) is 31.0 Å². The van der Waals surface area contributed by atoms with Crippen molar-refractivity contribution >= 4 is 0 Å². The topological polar surface area (TPSA) is 34.1 Å². The van der Waals surface area contributed by atoms with E-state index in [-0.39, 0.29) is 5.54 Å². The molecule has 15 heavy (non-hydrogen) atoms. The van der Waals surface area contributed by atoms with Gasteiger partial charge in [0.05, 0.1) is 11.7 Å². The first kappa shape index (κ1) is 10.4. The molecule has 1 heterocycles. The zero-order chi connectivity index (χ0) is 10.9. The summed E-state index contributed by atoms with van der Waals surface area (Å²) in [5, 5.41) is 3.37. The molecule has 1 saturated carbocycles. The van der Waals surface area contributed by atoms with Gasteiger partial charge in [0.25, 0.3) is 0 Å². The number of pyridine rings is 1. The van der Waals surface area contributed by atoms with Crippen LogP contribution in [0.15, 0.2) is 24.5 Å². The molecule has 1 aromatic rings. The van der Waals surface area contributed by atoms with Crippen LogP contribution in [0.5, 0.6) is 5.75 Å². The van der Waals surface area contributed by atoms with Crippen molar-refractivity contribution in [3.05, 3.63) is 24.5 Å². The minimum absolute atomic E-state index is 0.142. The molecule has 0 aliphatic heterocycles. The van der Waals surface area contributed by atoms with Crippen LogP contribution in [0, 0.1) is 5.41 Å². The summed E-state index contributed by atoms with van der Waals surface area (Å²) in [6.07, 6.45) is 4.66. The predicted molar refractivity (Wildman–Crippen MR) is 59.9 cm³/mol. The number of hydrogen-bond acceptors (Lipinski definition) is 3. The monoisotopic (exact) mass is 206 g/mol. The molecule has 1 atom stereocenters. The first-order chi connectivity index (χ1) is 7.10. The third-order valence-electron chi connectivity index (χ3n) is 3.51. The van der Waals surface area contributed by atoms with E-state index in [0.29, 0.717) is 12.0 Å². The maximum absolute atomic E-state index is 5.73. The highest BCUT2D eigenvalue weighted by Gasteiger charge is 2.60. The summed E-state index contributed by atoms with van der Waals surface area (Å²) in [6.45, 7) is 5.23. The Morgan fingerprint density at radius 2 is 2.27 bits per heavy atom. The average Bonchev–Trinajstić information content (AvgIpc) is 2.80. The molecule has 2 rings (SSSR count). The molecule has 0 aromatic carbocycles. The lowest BCUT2D eigenvalue weighted by Gasteiger charge is -2.20. The van der Waals surface area contributed by atoms with E-state index in [2.05, 4.69) is 24.1 Å². The molecule has 3 heteroatoms. The minimum Gasteiger partial charge on any atom is -0.490 e. The molecule has 0 bridgehead atoms. The summed E-state index contributed by atoms with van der Waals surface area (Å²) in [7, 11) is 2.00. The maximum atomic E-state index is 5.73. The molecule has 3 nitrogen and oxygen atoms in total. The lowest BCUT2D eigenvalue weighted by Crippen LogP contribution is -2.38. The van der Waals surface area contributed by atoms with Gasteiger partial charge in [-0.15, -0.1) is 0 Å². The molecule has 1 N–H and O–H groups in total. The fourth-order valence-electron chi connectivity index (χ4n) is 2.09. The smallest absolute Gasteiger partial charge is 0.137 e. The fraction of sp³-hybridized carbons (Fsp3) is 0.583. The predicted octanol–water partition coefficient (Wildman–Crippen LogP) is 1.85. The summed E-state index contributed by atoms with van der Waals surface area (Å²) in [4.78, 5) is 4.02. The quantitative estimate of drug-likeness (QED) is 0.816. The van der Waals surface area contributed by atoms with Gasteiger partial charge in [-0.2, -0.15) is 0 Å².